The molecule has 176 valence electrons. The normalized spacial score (nSPS) is 19.7. The number of nitrogens with one attached hydrogen (secondary N) is 1. The van der Waals surface area contributed by atoms with Crippen LogP contribution in [0.25, 0.3) is 0 Å². The van der Waals surface area contributed by atoms with Crippen molar-refractivity contribution in [2.45, 2.75) is 51.2 Å². The van der Waals surface area contributed by atoms with Crippen molar-refractivity contribution in [1.29, 1.82) is 0 Å². The molecule has 8 nitrogen and oxygen atoms in total. The zero-order chi connectivity index (χ0) is 23.8. The Morgan fingerprint density at radius 2 is 1.94 bits per heavy atom. The standard InChI is InChI=1S/C22H25F3N6O2/c1-3-13(2)17-11-31(20-27-9-15(10-28-20)14-4-5-14)21(33)30(17)12-19(32)29-18-8-16(6-7-26-18)22(23,24)25/h6-10,13-14,17H,3-5,11-12H2,1-2H3,(H,26,29,32)/t13-,17+/m0/s1. The zero-order valence-corrected chi connectivity index (χ0v) is 18.3. The number of carbonyl (C=O) groups excluding carboxylic acids is 2. The first-order valence-electron chi connectivity index (χ1n) is 10.9. The van der Waals surface area contributed by atoms with Crippen LogP contribution < -0.4 is 10.2 Å². The van der Waals surface area contributed by atoms with Crippen molar-refractivity contribution in [3.05, 3.63) is 41.9 Å². The van der Waals surface area contributed by atoms with E-state index in [-0.39, 0.29) is 30.3 Å². The van der Waals surface area contributed by atoms with Crippen molar-refractivity contribution < 1.29 is 22.8 Å². The van der Waals surface area contributed by atoms with Gasteiger partial charge >= 0.3 is 12.2 Å². The van der Waals surface area contributed by atoms with Gasteiger partial charge in [0.1, 0.15) is 12.4 Å². The highest BCUT2D eigenvalue weighted by Crippen LogP contribution is 2.39. The molecule has 4 rings (SSSR count). The number of amides is 3. The van der Waals surface area contributed by atoms with Gasteiger partial charge in [-0.1, -0.05) is 20.3 Å². The Morgan fingerprint density at radius 3 is 2.55 bits per heavy atom. The lowest BCUT2D eigenvalue weighted by Crippen LogP contribution is -2.43. The van der Waals surface area contributed by atoms with Gasteiger partial charge in [-0.05, 0) is 42.4 Å². The van der Waals surface area contributed by atoms with Gasteiger partial charge in [-0.2, -0.15) is 13.2 Å². The number of carbonyl (C=O) groups is 2. The minimum absolute atomic E-state index is 0.0872. The maximum Gasteiger partial charge on any atom is 0.416 e. The van der Waals surface area contributed by atoms with E-state index in [2.05, 4.69) is 20.3 Å². The summed E-state index contributed by atoms with van der Waals surface area (Å²) >= 11 is 0. The molecule has 1 aliphatic carbocycles. The maximum atomic E-state index is 13.2. The van der Waals surface area contributed by atoms with E-state index in [1.165, 1.54) is 9.80 Å². The van der Waals surface area contributed by atoms with Crippen LogP contribution in [0.5, 0.6) is 0 Å². The van der Waals surface area contributed by atoms with E-state index in [9.17, 15) is 22.8 Å². The van der Waals surface area contributed by atoms with Gasteiger partial charge in [0, 0.05) is 18.6 Å². The monoisotopic (exact) mass is 462 g/mol. The van der Waals surface area contributed by atoms with Crippen molar-refractivity contribution in [1.82, 2.24) is 19.9 Å². The average molecular weight is 462 g/mol. The molecular weight excluding hydrogens is 437 g/mol. The first-order chi connectivity index (χ1) is 15.7. The Kier molecular flexibility index (Phi) is 6.22. The minimum Gasteiger partial charge on any atom is -0.310 e. The molecule has 2 aromatic heterocycles. The van der Waals surface area contributed by atoms with Crippen molar-refractivity contribution in [2.24, 2.45) is 5.92 Å². The topological polar surface area (TPSA) is 91.3 Å². The molecule has 0 radical (unpaired) electrons. The number of nitrogens with zero attached hydrogens (tertiary/aromatic N) is 5. The molecule has 2 fully saturated rings. The van der Waals surface area contributed by atoms with Gasteiger partial charge in [-0.25, -0.2) is 19.7 Å². The first-order valence-corrected chi connectivity index (χ1v) is 10.9. The second kappa shape index (κ2) is 8.95. The molecule has 0 aromatic carbocycles. The number of hydrogen-bond acceptors (Lipinski definition) is 5. The van der Waals surface area contributed by atoms with Crippen LogP contribution in [0.1, 0.15) is 50.2 Å². The fraction of sp³-hybridized carbons (Fsp3) is 0.500. The molecule has 1 saturated heterocycles. The quantitative estimate of drug-likeness (QED) is 0.670. The van der Waals surface area contributed by atoms with Crippen molar-refractivity contribution >= 4 is 23.7 Å². The molecule has 1 aliphatic heterocycles. The number of hydrogen-bond donors (Lipinski definition) is 1. The van der Waals surface area contributed by atoms with E-state index >= 15 is 0 Å². The third kappa shape index (κ3) is 5.07. The van der Waals surface area contributed by atoms with Crippen LogP contribution in [0.4, 0.5) is 29.7 Å². The smallest absolute Gasteiger partial charge is 0.310 e. The van der Waals surface area contributed by atoms with Crippen LogP contribution in [0, 0.1) is 5.92 Å². The molecular formula is C22H25F3N6O2. The van der Waals surface area contributed by atoms with Crippen LogP contribution >= 0.6 is 0 Å². The second-order valence-corrected chi connectivity index (χ2v) is 8.54. The van der Waals surface area contributed by atoms with Gasteiger partial charge in [0.2, 0.25) is 11.9 Å². The number of halogens is 3. The molecule has 3 heterocycles. The highest BCUT2D eigenvalue weighted by atomic mass is 19.4. The van der Waals surface area contributed by atoms with Crippen LogP contribution in [0.2, 0.25) is 0 Å². The lowest BCUT2D eigenvalue weighted by molar-refractivity contribution is -0.137. The van der Waals surface area contributed by atoms with Gasteiger partial charge in [0.15, 0.2) is 0 Å². The Balaban J connectivity index is 1.48. The number of anilines is 2. The fourth-order valence-electron chi connectivity index (χ4n) is 3.88. The number of alkyl halides is 3. The summed E-state index contributed by atoms with van der Waals surface area (Å²) in [6, 6.07) is 0.906. The number of aromatic nitrogens is 3. The number of urea groups is 1. The van der Waals surface area contributed by atoms with E-state index in [1.807, 2.05) is 13.8 Å². The molecule has 11 heteroatoms. The summed E-state index contributed by atoms with van der Waals surface area (Å²) in [4.78, 5) is 41.2. The lowest BCUT2D eigenvalue weighted by Gasteiger charge is -2.26. The summed E-state index contributed by atoms with van der Waals surface area (Å²) in [6.07, 6.45) is 2.91. The number of pyridine rings is 1. The average Bonchev–Trinajstić information content (AvgIpc) is 3.58. The van der Waals surface area contributed by atoms with Crippen molar-refractivity contribution in [2.75, 3.05) is 23.3 Å². The summed E-state index contributed by atoms with van der Waals surface area (Å²) in [7, 11) is 0. The molecule has 2 atom stereocenters. The SMILES string of the molecule is CC[C@H](C)[C@H]1CN(c2ncc(C3CC3)cn2)C(=O)N1CC(=O)Nc1cc(C(F)(F)F)ccn1. The highest BCUT2D eigenvalue weighted by Gasteiger charge is 2.42. The van der Waals surface area contributed by atoms with Crippen molar-refractivity contribution in [3.8, 4) is 0 Å². The van der Waals surface area contributed by atoms with Crippen LogP contribution in [-0.2, 0) is 11.0 Å². The van der Waals surface area contributed by atoms with E-state index in [0.29, 0.717) is 12.5 Å². The minimum atomic E-state index is -4.55. The van der Waals surface area contributed by atoms with Crippen LogP contribution in [0.15, 0.2) is 30.7 Å². The van der Waals surface area contributed by atoms with Crippen LogP contribution in [0.3, 0.4) is 0 Å². The molecule has 2 aromatic rings. The largest absolute Gasteiger partial charge is 0.416 e. The molecule has 33 heavy (non-hydrogen) atoms. The number of rotatable bonds is 7. The van der Waals surface area contributed by atoms with Gasteiger partial charge in [0.05, 0.1) is 18.2 Å². The van der Waals surface area contributed by atoms with Gasteiger partial charge in [-0.3, -0.25) is 9.69 Å². The lowest BCUT2D eigenvalue weighted by atomic mass is 9.99. The third-order valence-electron chi connectivity index (χ3n) is 6.16. The highest BCUT2D eigenvalue weighted by molar-refractivity contribution is 5.98. The van der Waals surface area contributed by atoms with E-state index in [1.54, 1.807) is 12.4 Å². The van der Waals surface area contributed by atoms with E-state index in [0.717, 1.165) is 43.2 Å². The third-order valence-corrected chi connectivity index (χ3v) is 6.16. The zero-order valence-electron chi connectivity index (χ0n) is 18.3. The van der Waals surface area contributed by atoms with Gasteiger partial charge < -0.3 is 10.2 Å². The van der Waals surface area contributed by atoms with E-state index in [4.69, 9.17) is 0 Å². The fourth-order valence-corrected chi connectivity index (χ4v) is 3.88. The summed E-state index contributed by atoms with van der Waals surface area (Å²) in [6.45, 7) is 3.98. The maximum absolute atomic E-state index is 13.2. The summed E-state index contributed by atoms with van der Waals surface area (Å²) in [5, 5.41) is 2.37. The Labute approximate surface area is 189 Å². The second-order valence-electron chi connectivity index (χ2n) is 8.54. The van der Waals surface area contributed by atoms with Crippen molar-refractivity contribution in [3.63, 3.8) is 0 Å². The van der Waals surface area contributed by atoms with Crippen LogP contribution in [-0.4, -0.2) is 50.9 Å². The molecule has 2 aliphatic rings. The Bertz CT molecular complexity index is 1030. The molecule has 3 amide bonds. The summed E-state index contributed by atoms with van der Waals surface area (Å²) in [5.41, 5.74) is 0.134. The summed E-state index contributed by atoms with van der Waals surface area (Å²) in [5.74, 6) is 0.00270. The Hall–Kier alpha value is -3.24. The molecule has 1 N–H and O–H groups in total. The molecule has 1 saturated carbocycles. The predicted octanol–water partition coefficient (Wildman–Crippen LogP) is 4.06. The predicted molar refractivity (Wildman–Crippen MR) is 115 cm³/mol. The Morgan fingerprint density at radius 1 is 1.24 bits per heavy atom. The summed E-state index contributed by atoms with van der Waals surface area (Å²) < 4.78 is 38.8. The van der Waals surface area contributed by atoms with E-state index < -0.39 is 23.7 Å². The molecule has 0 unspecified atom stereocenters. The first kappa shape index (κ1) is 22.9. The molecule has 0 bridgehead atoms. The van der Waals surface area contributed by atoms with Gasteiger partial charge in [-0.15, -0.1) is 0 Å². The molecule has 0 spiro atoms. The van der Waals surface area contributed by atoms with Gasteiger partial charge in [0.25, 0.3) is 0 Å².